The van der Waals surface area contributed by atoms with Crippen molar-refractivity contribution in [2.45, 2.75) is 19.1 Å². The van der Waals surface area contributed by atoms with E-state index in [1.807, 2.05) is 0 Å². The molecule has 1 aromatic heterocycles. The normalized spacial score (nSPS) is 11.3. The number of thiazole rings is 1. The predicted octanol–water partition coefficient (Wildman–Crippen LogP) is 3.34. The number of carbonyl (C=O) groups is 1. The first-order chi connectivity index (χ1) is 10.9. The molecule has 2 rings (SSSR count). The lowest BCUT2D eigenvalue weighted by Gasteiger charge is -2.07. The molecule has 9 heteroatoms. The van der Waals surface area contributed by atoms with Crippen molar-refractivity contribution >= 4 is 17.4 Å². The van der Waals surface area contributed by atoms with Crippen LogP contribution in [0.5, 0.6) is 0 Å². The summed E-state index contributed by atoms with van der Waals surface area (Å²) < 4.78 is 50.5. The third-order valence-electron chi connectivity index (χ3n) is 2.88. The molecule has 0 radical (unpaired) electrons. The summed E-state index contributed by atoms with van der Waals surface area (Å²) in [6, 6.07) is 5.66. The van der Waals surface area contributed by atoms with E-state index in [1.165, 1.54) is 6.07 Å². The summed E-state index contributed by atoms with van der Waals surface area (Å²) in [7, 11) is 0. The van der Waals surface area contributed by atoms with Gasteiger partial charge in [0.25, 0.3) is 0 Å². The fourth-order valence-electron chi connectivity index (χ4n) is 1.75. The fourth-order valence-corrected chi connectivity index (χ4v) is 2.49. The number of urea groups is 1. The van der Waals surface area contributed by atoms with E-state index in [4.69, 9.17) is 0 Å². The monoisotopic (exact) mass is 347 g/mol. The highest BCUT2D eigenvalue weighted by Gasteiger charge is 2.33. The maximum Gasteiger partial charge on any atom is 0.434 e. The molecule has 0 aliphatic heterocycles. The molecule has 1 heterocycles. The maximum absolute atomic E-state index is 13.4. The second-order valence-electron chi connectivity index (χ2n) is 4.58. The molecule has 2 N–H and O–H groups in total. The number of amides is 2. The van der Waals surface area contributed by atoms with Crippen LogP contribution < -0.4 is 10.6 Å². The van der Waals surface area contributed by atoms with Gasteiger partial charge in [-0.15, -0.1) is 11.3 Å². The van der Waals surface area contributed by atoms with Gasteiger partial charge >= 0.3 is 12.2 Å². The third kappa shape index (κ3) is 5.20. The number of benzene rings is 1. The average Bonchev–Trinajstić information content (AvgIpc) is 2.96. The van der Waals surface area contributed by atoms with E-state index in [2.05, 4.69) is 15.6 Å². The van der Waals surface area contributed by atoms with E-state index in [0.717, 1.165) is 16.7 Å². The number of hydrogen-bond acceptors (Lipinski definition) is 3. The Bertz CT molecular complexity index is 672. The number of alkyl halides is 3. The lowest BCUT2D eigenvalue weighted by atomic mass is 10.1. The van der Waals surface area contributed by atoms with Gasteiger partial charge in [-0.2, -0.15) is 13.2 Å². The molecule has 0 aliphatic rings. The van der Waals surface area contributed by atoms with Gasteiger partial charge in [0.05, 0.1) is 6.54 Å². The molecule has 0 spiro atoms. The molecule has 0 aliphatic carbocycles. The molecule has 0 unspecified atom stereocenters. The molecule has 0 saturated heterocycles. The van der Waals surface area contributed by atoms with Crippen molar-refractivity contribution in [3.63, 3.8) is 0 Å². The Morgan fingerprint density at radius 2 is 1.96 bits per heavy atom. The number of aromatic nitrogens is 1. The quantitative estimate of drug-likeness (QED) is 0.815. The summed E-state index contributed by atoms with van der Waals surface area (Å²) >= 11 is 0.818. The molecule has 0 bridgehead atoms. The van der Waals surface area contributed by atoms with Gasteiger partial charge in [-0.1, -0.05) is 18.2 Å². The minimum Gasteiger partial charge on any atom is -0.338 e. The number of halogens is 4. The topological polar surface area (TPSA) is 54.0 Å². The van der Waals surface area contributed by atoms with Gasteiger partial charge < -0.3 is 10.6 Å². The molecule has 4 nitrogen and oxygen atoms in total. The van der Waals surface area contributed by atoms with Crippen molar-refractivity contribution in [3.8, 4) is 0 Å². The summed E-state index contributed by atoms with van der Waals surface area (Å²) in [5, 5.41) is 5.96. The smallest absolute Gasteiger partial charge is 0.338 e. The molecule has 23 heavy (non-hydrogen) atoms. The second kappa shape index (κ2) is 7.40. The molecule has 2 aromatic rings. The minimum atomic E-state index is -4.49. The van der Waals surface area contributed by atoms with Gasteiger partial charge in [-0.05, 0) is 18.1 Å². The van der Waals surface area contributed by atoms with Crippen LogP contribution in [0.25, 0.3) is 0 Å². The number of hydrogen-bond donors (Lipinski definition) is 2. The lowest BCUT2D eigenvalue weighted by Crippen LogP contribution is -2.36. The first kappa shape index (κ1) is 17.2. The van der Waals surface area contributed by atoms with Crippen molar-refractivity contribution in [1.29, 1.82) is 0 Å². The van der Waals surface area contributed by atoms with Crippen LogP contribution >= 0.6 is 11.3 Å². The highest BCUT2D eigenvalue weighted by molar-refractivity contribution is 7.09. The highest BCUT2D eigenvalue weighted by atomic mass is 32.1. The van der Waals surface area contributed by atoms with E-state index in [1.54, 1.807) is 18.2 Å². The Kier molecular flexibility index (Phi) is 5.54. The Morgan fingerprint density at radius 3 is 2.61 bits per heavy atom. The van der Waals surface area contributed by atoms with Gasteiger partial charge in [0.15, 0.2) is 5.69 Å². The molecule has 2 amide bonds. The summed E-state index contributed by atoms with van der Waals surface area (Å²) in [5.41, 5.74) is -0.498. The summed E-state index contributed by atoms with van der Waals surface area (Å²) in [6.07, 6.45) is -4.17. The van der Waals surface area contributed by atoms with Gasteiger partial charge in [0.2, 0.25) is 0 Å². The summed E-state index contributed by atoms with van der Waals surface area (Å²) in [5.74, 6) is -0.350. The van der Waals surface area contributed by atoms with Gasteiger partial charge in [0.1, 0.15) is 10.8 Å². The Hall–Kier alpha value is -2.16. The molecule has 124 valence electrons. The Balaban J connectivity index is 1.73. The van der Waals surface area contributed by atoms with Crippen LogP contribution in [0.4, 0.5) is 22.4 Å². The maximum atomic E-state index is 13.4. The highest BCUT2D eigenvalue weighted by Crippen LogP contribution is 2.29. The van der Waals surface area contributed by atoms with Crippen molar-refractivity contribution in [3.05, 3.63) is 51.7 Å². The van der Waals surface area contributed by atoms with Gasteiger partial charge in [0, 0.05) is 11.9 Å². The van der Waals surface area contributed by atoms with E-state index in [-0.39, 0.29) is 23.9 Å². The van der Waals surface area contributed by atoms with Crippen molar-refractivity contribution < 1.29 is 22.4 Å². The zero-order valence-corrected chi connectivity index (χ0v) is 12.6. The number of nitrogens with one attached hydrogen (secondary N) is 2. The minimum absolute atomic E-state index is 0.105. The van der Waals surface area contributed by atoms with Crippen LogP contribution in [0.2, 0.25) is 0 Å². The first-order valence-electron chi connectivity index (χ1n) is 6.63. The standard InChI is InChI=1S/C14H13F4N3OS/c15-10-4-2-1-3-9(10)5-6-19-13(22)20-7-12-21-11(8-23-12)14(16,17)18/h1-4,8H,5-7H2,(H2,19,20,22). The molecule has 1 aromatic carbocycles. The average molecular weight is 347 g/mol. The van der Waals surface area contributed by atoms with E-state index < -0.39 is 17.9 Å². The van der Waals surface area contributed by atoms with Crippen LogP contribution in [0.15, 0.2) is 29.6 Å². The zero-order chi connectivity index (χ0) is 16.9. The fraction of sp³-hybridized carbons (Fsp3) is 0.286. The number of nitrogens with zero attached hydrogens (tertiary/aromatic N) is 1. The summed E-state index contributed by atoms with van der Waals surface area (Å²) in [4.78, 5) is 14.9. The molecule has 0 fully saturated rings. The lowest BCUT2D eigenvalue weighted by molar-refractivity contribution is -0.140. The van der Waals surface area contributed by atoms with Crippen LogP contribution in [0.1, 0.15) is 16.3 Å². The van der Waals surface area contributed by atoms with E-state index in [9.17, 15) is 22.4 Å². The Morgan fingerprint density at radius 1 is 1.22 bits per heavy atom. The third-order valence-corrected chi connectivity index (χ3v) is 3.73. The van der Waals surface area contributed by atoms with Crippen LogP contribution in [-0.2, 0) is 19.1 Å². The number of carbonyl (C=O) groups excluding carboxylic acids is 1. The zero-order valence-electron chi connectivity index (χ0n) is 11.8. The van der Waals surface area contributed by atoms with Crippen LogP contribution in [0, 0.1) is 5.82 Å². The Labute approximate surface area is 133 Å². The molecular weight excluding hydrogens is 334 g/mol. The molecular formula is C14H13F4N3OS. The van der Waals surface area contributed by atoms with Crippen molar-refractivity contribution in [2.75, 3.05) is 6.54 Å². The SMILES string of the molecule is O=C(NCCc1ccccc1F)NCc1nc(C(F)(F)F)cs1. The predicted molar refractivity (Wildman–Crippen MR) is 77.5 cm³/mol. The molecule has 0 atom stereocenters. The second-order valence-corrected chi connectivity index (χ2v) is 5.52. The molecule has 0 saturated carbocycles. The van der Waals surface area contributed by atoms with E-state index in [0.29, 0.717) is 12.0 Å². The summed E-state index contributed by atoms with van der Waals surface area (Å²) in [6.45, 7) is 0.102. The largest absolute Gasteiger partial charge is 0.434 e. The number of rotatable bonds is 5. The first-order valence-corrected chi connectivity index (χ1v) is 7.51. The van der Waals surface area contributed by atoms with E-state index >= 15 is 0 Å². The van der Waals surface area contributed by atoms with Gasteiger partial charge in [-0.25, -0.2) is 14.2 Å². The van der Waals surface area contributed by atoms with Crippen molar-refractivity contribution in [2.24, 2.45) is 0 Å². The van der Waals surface area contributed by atoms with Crippen molar-refractivity contribution in [1.82, 2.24) is 15.6 Å². The van der Waals surface area contributed by atoms with Crippen LogP contribution in [-0.4, -0.2) is 17.6 Å². The van der Waals surface area contributed by atoms with Crippen LogP contribution in [0.3, 0.4) is 0 Å². The van der Waals surface area contributed by atoms with Gasteiger partial charge in [-0.3, -0.25) is 0 Å².